The second kappa shape index (κ2) is 9.23. The minimum atomic E-state index is -0.268. The van der Waals surface area contributed by atoms with E-state index in [-0.39, 0.29) is 18.4 Å². The molecule has 3 heterocycles. The molecule has 0 aliphatic carbocycles. The maximum Gasteiger partial charge on any atom is 0.263 e. The zero-order chi connectivity index (χ0) is 23.7. The molecule has 2 aromatic carbocycles. The molecule has 1 saturated heterocycles. The number of benzene rings is 2. The SMILES string of the molecule is COc1ccc(CN2C(=O)c3cccc(N4CCN(Cc5ccoc5)CC4)c3C2=O)cc1OC. The first-order valence-corrected chi connectivity index (χ1v) is 11.3. The molecule has 1 fully saturated rings. The van der Waals surface area contributed by atoms with Crippen LogP contribution in [0.1, 0.15) is 31.8 Å². The number of carbonyl (C=O) groups is 2. The summed E-state index contributed by atoms with van der Waals surface area (Å²) in [5, 5.41) is 0. The number of fused-ring (bicyclic) bond motifs is 1. The van der Waals surface area contributed by atoms with Crippen LogP contribution in [-0.4, -0.2) is 62.0 Å². The Bertz CT molecular complexity index is 1200. The molecule has 176 valence electrons. The maximum atomic E-state index is 13.4. The fourth-order valence-corrected chi connectivity index (χ4v) is 4.67. The highest BCUT2D eigenvalue weighted by atomic mass is 16.5. The molecule has 5 rings (SSSR count). The lowest BCUT2D eigenvalue weighted by atomic mass is 10.1. The smallest absolute Gasteiger partial charge is 0.263 e. The second-order valence-corrected chi connectivity index (χ2v) is 8.48. The highest BCUT2D eigenvalue weighted by Crippen LogP contribution is 2.34. The Kier molecular flexibility index (Phi) is 5.98. The molecule has 2 amide bonds. The summed E-state index contributed by atoms with van der Waals surface area (Å²) in [6.45, 7) is 4.31. The van der Waals surface area contributed by atoms with Crippen molar-refractivity contribution in [3.05, 3.63) is 77.2 Å². The number of anilines is 1. The van der Waals surface area contributed by atoms with Crippen LogP contribution in [0.4, 0.5) is 5.69 Å². The van der Waals surface area contributed by atoms with Crippen molar-refractivity contribution in [2.45, 2.75) is 13.1 Å². The number of rotatable bonds is 7. The van der Waals surface area contributed by atoms with E-state index < -0.39 is 0 Å². The molecular formula is C26H27N3O5. The van der Waals surface area contributed by atoms with Crippen LogP contribution in [0.15, 0.2) is 59.4 Å². The number of hydrogen-bond acceptors (Lipinski definition) is 7. The Hall–Kier alpha value is -3.78. The van der Waals surface area contributed by atoms with Gasteiger partial charge in [-0.2, -0.15) is 0 Å². The van der Waals surface area contributed by atoms with Crippen molar-refractivity contribution in [2.75, 3.05) is 45.3 Å². The number of hydrogen-bond donors (Lipinski definition) is 0. The van der Waals surface area contributed by atoms with Crippen LogP contribution >= 0.6 is 0 Å². The Morgan fingerprint density at radius 2 is 1.65 bits per heavy atom. The molecule has 8 nitrogen and oxygen atoms in total. The van der Waals surface area contributed by atoms with E-state index in [0.29, 0.717) is 22.6 Å². The van der Waals surface area contributed by atoms with Gasteiger partial charge in [-0.15, -0.1) is 0 Å². The molecule has 0 radical (unpaired) electrons. The topological polar surface area (TPSA) is 75.5 Å². The highest BCUT2D eigenvalue weighted by Gasteiger charge is 2.38. The fraction of sp³-hybridized carbons (Fsp3) is 0.308. The molecule has 0 N–H and O–H groups in total. The third-order valence-corrected chi connectivity index (χ3v) is 6.46. The number of carbonyl (C=O) groups excluding carboxylic acids is 2. The van der Waals surface area contributed by atoms with Gasteiger partial charge in [0, 0.05) is 38.3 Å². The molecule has 34 heavy (non-hydrogen) atoms. The van der Waals surface area contributed by atoms with Crippen molar-refractivity contribution in [3.63, 3.8) is 0 Å². The summed E-state index contributed by atoms with van der Waals surface area (Å²) in [6, 6.07) is 12.9. The predicted molar refractivity (Wildman–Crippen MR) is 126 cm³/mol. The van der Waals surface area contributed by atoms with Crippen molar-refractivity contribution in [1.29, 1.82) is 0 Å². The van der Waals surface area contributed by atoms with E-state index in [2.05, 4.69) is 9.80 Å². The third-order valence-electron chi connectivity index (χ3n) is 6.46. The highest BCUT2D eigenvalue weighted by molar-refractivity contribution is 6.23. The van der Waals surface area contributed by atoms with E-state index >= 15 is 0 Å². The van der Waals surface area contributed by atoms with Crippen molar-refractivity contribution in [1.82, 2.24) is 9.80 Å². The van der Waals surface area contributed by atoms with E-state index in [4.69, 9.17) is 13.9 Å². The Balaban J connectivity index is 1.33. The second-order valence-electron chi connectivity index (χ2n) is 8.48. The lowest BCUT2D eigenvalue weighted by molar-refractivity contribution is 0.0642. The molecule has 0 atom stereocenters. The summed E-state index contributed by atoms with van der Waals surface area (Å²) in [6.07, 6.45) is 3.46. The van der Waals surface area contributed by atoms with Gasteiger partial charge in [-0.1, -0.05) is 12.1 Å². The Morgan fingerprint density at radius 3 is 2.35 bits per heavy atom. The quantitative estimate of drug-likeness (QED) is 0.499. The average Bonchev–Trinajstić information content (AvgIpc) is 3.47. The predicted octanol–water partition coefficient (Wildman–Crippen LogP) is 3.42. The van der Waals surface area contributed by atoms with Gasteiger partial charge in [0.1, 0.15) is 0 Å². The summed E-state index contributed by atoms with van der Waals surface area (Å²) in [7, 11) is 3.13. The molecular weight excluding hydrogens is 434 g/mol. The Labute approximate surface area is 198 Å². The molecule has 0 unspecified atom stereocenters. The first-order valence-electron chi connectivity index (χ1n) is 11.3. The van der Waals surface area contributed by atoms with Crippen LogP contribution in [0.2, 0.25) is 0 Å². The van der Waals surface area contributed by atoms with Crippen LogP contribution in [0.5, 0.6) is 11.5 Å². The lowest BCUT2D eigenvalue weighted by Gasteiger charge is -2.36. The van der Waals surface area contributed by atoms with E-state index in [1.807, 2.05) is 24.3 Å². The fourth-order valence-electron chi connectivity index (χ4n) is 4.67. The normalized spacial score (nSPS) is 16.2. The van der Waals surface area contributed by atoms with Crippen molar-refractivity contribution >= 4 is 17.5 Å². The van der Waals surface area contributed by atoms with Gasteiger partial charge in [-0.3, -0.25) is 19.4 Å². The average molecular weight is 462 g/mol. The number of methoxy groups -OCH3 is 2. The largest absolute Gasteiger partial charge is 0.493 e. The van der Waals surface area contributed by atoms with Gasteiger partial charge in [0.05, 0.1) is 50.1 Å². The summed E-state index contributed by atoms with van der Waals surface area (Å²) >= 11 is 0. The first kappa shape index (κ1) is 22.0. The van der Waals surface area contributed by atoms with Crippen molar-refractivity contribution in [2.24, 2.45) is 0 Å². The zero-order valence-electron chi connectivity index (χ0n) is 19.3. The first-order chi connectivity index (χ1) is 16.6. The van der Waals surface area contributed by atoms with Gasteiger partial charge in [-0.25, -0.2) is 0 Å². The summed E-state index contributed by atoms with van der Waals surface area (Å²) in [5.74, 6) is 0.634. The van der Waals surface area contributed by atoms with E-state index in [1.165, 1.54) is 4.90 Å². The minimum Gasteiger partial charge on any atom is -0.493 e. The minimum absolute atomic E-state index is 0.171. The van der Waals surface area contributed by atoms with Crippen molar-refractivity contribution < 1.29 is 23.5 Å². The van der Waals surface area contributed by atoms with E-state index in [9.17, 15) is 9.59 Å². The van der Waals surface area contributed by atoms with Gasteiger partial charge in [-0.05, 0) is 35.9 Å². The van der Waals surface area contributed by atoms with Crippen LogP contribution in [0, 0.1) is 0 Å². The molecule has 1 aromatic heterocycles. The summed E-state index contributed by atoms with van der Waals surface area (Å²) in [4.78, 5) is 32.5. The van der Waals surface area contributed by atoms with E-state index in [1.54, 1.807) is 44.9 Å². The third kappa shape index (κ3) is 4.01. The van der Waals surface area contributed by atoms with Gasteiger partial charge in [0.25, 0.3) is 11.8 Å². The standard InChI is InChI=1S/C26H27N3O5/c1-32-22-7-6-18(14-23(22)33-2)16-29-25(30)20-4-3-5-21(24(20)26(29)31)28-11-9-27(10-12-28)15-19-8-13-34-17-19/h3-8,13-14,17H,9-12,15-16H2,1-2H3. The molecule has 0 saturated carbocycles. The Morgan fingerprint density at radius 1 is 0.853 bits per heavy atom. The zero-order valence-corrected chi connectivity index (χ0v) is 19.3. The molecule has 0 spiro atoms. The number of amides is 2. The molecule has 8 heteroatoms. The number of furan rings is 1. The molecule has 2 aliphatic rings. The molecule has 3 aromatic rings. The monoisotopic (exact) mass is 461 g/mol. The van der Waals surface area contributed by atoms with Crippen LogP contribution < -0.4 is 14.4 Å². The number of nitrogens with zero attached hydrogens (tertiary/aromatic N) is 3. The van der Waals surface area contributed by atoms with Gasteiger partial charge >= 0.3 is 0 Å². The number of imide groups is 1. The summed E-state index contributed by atoms with van der Waals surface area (Å²) in [5.41, 5.74) is 3.73. The number of piperazine rings is 1. The number of ether oxygens (including phenoxy) is 2. The van der Waals surface area contributed by atoms with Crippen molar-refractivity contribution in [3.8, 4) is 11.5 Å². The van der Waals surface area contributed by atoms with Crippen LogP contribution in [0.3, 0.4) is 0 Å². The lowest BCUT2D eigenvalue weighted by Crippen LogP contribution is -2.46. The van der Waals surface area contributed by atoms with Crippen LogP contribution in [-0.2, 0) is 13.1 Å². The van der Waals surface area contributed by atoms with Crippen LogP contribution in [0.25, 0.3) is 0 Å². The maximum absolute atomic E-state index is 13.4. The summed E-state index contributed by atoms with van der Waals surface area (Å²) < 4.78 is 15.8. The molecule has 0 bridgehead atoms. The molecule has 2 aliphatic heterocycles. The van der Waals surface area contributed by atoms with Gasteiger partial charge < -0.3 is 18.8 Å². The van der Waals surface area contributed by atoms with E-state index in [0.717, 1.165) is 49.5 Å². The van der Waals surface area contributed by atoms with Gasteiger partial charge in [0.2, 0.25) is 0 Å². The van der Waals surface area contributed by atoms with Gasteiger partial charge in [0.15, 0.2) is 11.5 Å².